The summed E-state index contributed by atoms with van der Waals surface area (Å²) < 4.78 is 40.8. The second-order valence-corrected chi connectivity index (χ2v) is 7.58. The standard InChI is InChI=1S/C11H11BrClFO4S/c1-6(2)5-18-11(15)7-3-10(19(13,16)17)9(14)4-8(7)12/h3-4,6H,5H2,1-2H3. The van der Waals surface area contributed by atoms with Gasteiger partial charge in [0.2, 0.25) is 0 Å². The molecule has 0 saturated heterocycles. The Morgan fingerprint density at radius 2 is 2.05 bits per heavy atom. The molecular formula is C11H11BrClFO4S. The predicted octanol–water partition coefficient (Wildman–Crippen LogP) is 3.33. The molecule has 0 aromatic heterocycles. The Bertz CT molecular complexity index is 601. The molecule has 106 valence electrons. The van der Waals surface area contributed by atoms with Crippen molar-refractivity contribution in [1.82, 2.24) is 0 Å². The van der Waals surface area contributed by atoms with Gasteiger partial charge < -0.3 is 4.74 Å². The van der Waals surface area contributed by atoms with Crippen LogP contribution in [-0.4, -0.2) is 21.0 Å². The average Bonchev–Trinajstić information content (AvgIpc) is 2.24. The van der Waals surface area contributed by atoms with Crippen molar-refractivity contribution in [3.05, 3.63) is 28.0 Å². The van der Waals surface area contributed by atoms with E-state index in [9.17, 15) is 17.6 Å². The molecule has 0 saturated carbocycles. The lowest BCUT2D eigenvalue weighted by atomic mass is 10.2. The summed E-state index contributed by atoms with van der Waals surface area (Å²) >= 11 is 2.98. The largest absolute Gasteiger partial charge is 0.462 e. The van der Waals surface area contributed by atoms with E-state index in [0.29, 0.717) is 0 Å². The maximum Gasteiger partial charge on any atom is 0.339 e. The SMILES string of the molecule is CC(C)COC(=O)c1cc(S(=O)(=O)Cl)c(F)cc1Br. The van der Waals surface area contributed by atoms with Crippen LogP contribution in [0.1, 0.15) is 24.2 Å². The molecule has 0 heterocycles. The van der Waals surface area contributed by atoms with E-state index >= 15 is 0 Å². The monoisotopic (exact) mass is 372 g/mol. The highest BCUT2D eigenvalue weighted by molar-refractivity contribution is 9.10. The van der Waals surface area contributed by atoms with Crippen molar-refractivity contribution in [2.24, 2.45) is 5.92 Å². The maximum absolute atomic E-state index is 13.5. The highest BCUT2D eigenvalue weighted by atomic mass is 79.9. The number of ether oxygens (including phenoxy) is 1. The van der Waals surface area contributed by atoms with Crippen LogP contribution in [0.3, 0.4) is 0 Å². The van der Waals surface area contributed by atoms with Crippen molar-refractivity contribution < 1.29 is 22.3 Å². The zero-order valence-corrected chi connectivity index (χ0v) is 13.3. The van der Waals surface area contributed by atoms with E-state index in [1.807, 2.05) is 13.8 Å². The second-order valence-electron chi connectivity index (χ2n) is 4.19. The Kier molecular flexibility index (Phi) is 5.34. The fourth-order valence-corrected chi connectivity index (χ4v) is 2.58. The van der Waals surface area contributed by atoms with Gasteiger partial charge in [-0.05, 0) is 34.0 Å². The van der Waals surface area contributed by atoms with Crippen molar-refractivity contribution in [3.63, 3.8) is 0 Å². The normalized spacial score (nSPS) is 11.7. The number of esters is 1. The van der Waals surface area contributed by atoms with Crippen LogP contribution in [0.25, 0.3) is 0 Å². The zero-order chi connectivity index (χ0) is 14.8. The van der Waals surface area contributed by atoms with Crippen LogP contribution >= 0.6 is 26.6 Å². The molecule has 0 aliphatic rings. The Morgan fingerprint density at radius 1 is 1.47 bits per heavy atom. The van der Waals surface area contributed by atoms with Gasteiger partial charge in [0.05, 0.1) is 12.2 Å². The minimum atomic E-state index is -4.27. The number of carbonyl (C=O) groups is 1. The Hall–Kier alpha value is -0.660. The number of benzene rings is 1. The molecule has 0 N–H and O–H groups in total. The van der Waals surface area contributed by atoms with Crippen molar-refractivity contribution in [2.75, 3.05) is 6.61 Å². The molecule has 0 bridgehead atoms. The third kappa shape index (κ3) is 4.43. The molecule has 4 nitrogen and oxygen atoms in total. The van der Waals surface area contributed by atoms with Crippen LogP contribution in [0.5, 0.6) is 0 Å². The van der Waals surface area contributed by atoms with Crippen LogP contribution in [0.2, 0.25) is 0 Å². The molecule has 0 amide bonds. The van der Waals surface area contributed by atoms with E-state index < -0.39 is 25.7 Å². The third-order valence-corrected chi connectivity index (χ3v) is 4.04. The van der Waals surface area contributed by atoms with Crippen LogP contribution in [0.15, 0.2) is 21.5 Å². The highest BCUT2D eigenvalue weighted by Gasteiger charge is 2.22. The number of rotatable bonds is 4. The minimum Gasteiger partial charge on any atom is -0.462 e. The molecule has 0 aliphatic carbocycles. The molecular weight excluding hydrogens is 363 g/mol. The first-order valence-corrected chi connectivity index (χ1v) is 8.34. The summed E-state index contributed by atoms with van der Waals surface area (Å²) in [6.45, 7) is 3.87. The zero-order valence-electron chi connectivity index (χ0n) is 10.1. The van der Waals surface area contributed by atoms with Gasteiger partial charge in [0, 0.05) is 15.2 Å². The van der Waals surface area contributed by atoms with Crippen molar-refractivity contribution in [3.8, 4) is 0 Å². The molecule has 0 fully saturated rings. The van der Waals surface area contributed by atoms with Crippen LogP contribution < -0.4 is 0 Å². The quantitative estimate of drug-likeness (QED) is 0.600. The predicted molar refractivity (Wildman–Crippen MR) is 72.3 cm³/mol. The summed E-state index contributed by atoms with van der Waals surface area (Å²) in [5.74, 6) is -1.66. The lowest BCUT2D eigenvalue weighted by molar-refractivity contribution is 0.0457. The molecule has 0 radical (unpaired) electrons. The van der Waals surface area contributed by atoms with Crippen molar-refractivity contribution >= 4 is 41.6 Å². The topological polar surface area (TPSA) is 60.4 Å². The Morgan fingerprint density at radius 3 is 2.53 bits per heavy atom. The molecule has 0 unspecified atom stereocenters. The summed E-state index contributed by atoms with van der Waals surface area (Å²) in [7, 11) is 0.816. The number of halogens is 3. The van der Waals surface area contributed by atoms with E-state index in [1.54, 1.807) is 0 Å². The summed E-state index contributed by atoms with van der Waals surface area (Å²) in [5, 5.41) is 0. The van der Waals surface area contributed by atoms with E-state index in [-0.39, 0.29) is 22.6 Å². The van der Waals surface area contributed by atoms with E-state index in [1.165, 1.54) is 0 Å². The highest BCUT2D eigenvalue weighted by Crippen LogP contribution is 2.27. The van der Waals surface area contributed by atoms with E-state index in [2.05, 4.69) is 15.9 Å². The van der Waals surface area contributed by atoms with Gasteiger partial charge >= 0.3 is 5.97 Å². The molecule has 0 aliphatic heterocycles. The molecule has 1 rings (SSSR count). The van der Waals surface area contributed by atoms with Crippen LogP contribution in [-0.2, 0) is 13.8 Å². The first-order valence-electron chi connectivity index (χ1n) is 5.23. The number of hydrogen-bond donors (Lipinski definition) is 0. The summed E-state index contributed by atoms with van der Waals surface area (Å²) in [5.41, 5.74) is -0.0960. The molecule has 19 heavy (non-hydrogen) atoms. The second kappa shape index (κ2) is 6.19. The molecule has 0 spiro atoms. The fraction of sp³-hybridized carbons (Fsp3) is 0.364. The van der Waals surface area contributed by atoms with Crippen LogP contribution in [0, 0.1) is 11.7 Å². The molecule has 1 aromatic rings. The van der Waals surface area contributed by atoms with Gasteiger partial charge in [-0.3, -0.25) is 0 Å². The van der Waals surface area contributed by atoms with E-state index in [0.717, 1.165) is 12.1 Å². The van der Waals surface area contributed by atoms with E-state index in [4.69, 9.17) is 15.4 Å². The van der Waals surface area contributed by atoms with Gasteiger partial charge in [0.15, 0.2) is 0 Å². The maximum atomic E-state index is 13.5. The summed E-state index contributed by atoms with van der Waals surface area (Å²) in [6.07, 6.45) is 0. The van der Waals surface area contributed by atoms with Gasteiger partial charge in [0.25, 0.3) is 9.05 Å². The lowest BCUT2D eigenvalue weighted by Crippen LogP contribution is -2.12. The molecule has 8 heteroatoms. The number of hydrogen-bond acceptors (Lipinski definition) is 4. The van der Waals surface area contributed by atoms with Crippen molar-refractivity contribution in [1.29, 1.82) is 0 Å². The third-order valence-electron chi connectivity index (χ3n) is 2.05. The lowest BCUT2D eigenvalue weighted by Gasteiger charge is -2.09. The first kappa shape index (κ1) is 16.4. The first-order chi connectivity index (χ1) is 8.62. The van der Waals surface area contributed by atoms with Gasteiger partial charge in [-0.1, -0.05) is 13.8 Å². The smallest absolute Gasteiger partial charge is 0.339 e. The number of carbonyl (C=O) groups excluding carboxylic acids is 1. The molecule has 1 aromatic carbocycles. The average molecular weight is 374 g/mol. The van der Waals surface area contributed by atoms with Gasteiger partial charge in [0.1, 0.15) is 10.7 Å². The van der Waals surface area contributed by atoms with Crippen LogP contribution in [0.4, 0.5) is 4.39 Å². The van der Waals surface area contributed by atoms with Gasteiger partial charge in [-0.2, -0.15) is 0 Å². The fourth-order valence-electron chi connectivity index (χ4n) is 1.19. The van der Waals surface area contributed by atoms with Gasteiger partial charge in [-0.25, -0.2) is 17.6 Å². The Labute approximate surface area is 123 Å². The molecule has 0 atom stereocenters. The Balaban J connectivity index is 3.19. The van der Waals surface area contributed by atoms with Crippen molar-refractivity contribution in [2.45, 2.75) is 18.7 Å². The van der Waals surface area contributed by atoms with Gasteiger partial charge in [-0.15, -0.1) is 0 Å². The minimum absolute atomic E-state index is 0.0960. The summed E-state index contributed by atoms with van der Waals surface area (Å²) in [6, 6.07) is 1.71. The summed E-state index contributed by atoms with van der Waals surface area (Å²) in [4.78, 5) is 11.0.